The fourth-order valence-corrected chi connectivity index (χ4v) is 2.96. The zero-order valence-electron chi connectivity index (χ0n) is 14.5. The average Bonchev–Trinajstić information content (AvgIpc) is 3.15. The summed E-state index contributed by atoms with van der Waals surface area (Å²) in [4.78, 5) is 13.7. The molecule has 0 saturated carbocycles. The lowest BCUT2D eigenvalue weighted by atomic mass is 10.2. The maximum Gasteiger partial charge on any atom is 0.357 e. The molecule has 0 amide bonds. The molecule has 1 aliphatic heterocycles. The first kappa shape index (κ1) is 17.7. The molecule has 2 aromatic rings. The van der Waals surface area contributed by atoms with Crippen molar-refractivity contribution in [2.24, 2.45) is 0 Å². The van der Waals surface area contributed by atoms with Crippen LogP contribution in [0.15, 0.2) is 18.2 Å². The van der Waals surface area contributed by atoms with Gasteiger partial charge in [0.25, 0.3) is 0 Å². The molecule has 1 saturated heterocycles. The largest absolute Gasteiger partial charge is 0.489 e. The zero-order valence-corrected chi connectivity index (χ0v) is 14.5. The van der Waals surface area contributed by atoms with Crippen LogP contribution in [0.25, 0.3) is 10.9 Å². The van der Waals surface area contributed by atoms with Gasteiger partial charge in [-0.25, -0.2) is 9.48 Å². The Balaban J connectivity index is 1.83. The molecule has 136 valence electrons. The lowest BCUT2D eigenvalue weighted by molar-refractivity contribution is 0.0304. The molecule has 0 spiro atoms. The number of aromatic carboxylic acids is 1. The topological polar surface area (TPSA) is 86.0 Å². The van der Waals surface area contributed by atoms with E-state index in [0.717, 1.165) is 19.5 Å². The van der Waals surface area contributed by atoms with E-state index in [1.807, 2.05) is 6.07 Å². The van der Waals surface area contributed by atoms with Crippen molar-refractivity contribution < 1.29 is 24.1 Å². The van der Waals surface area contributed by atoms with Gasteiger partial charge in [0.2, 0.25) is 0 Å². The van der Waals surface area contributed by atoms with Crippen LogP contribution in [0.4, 0.5) is 0 Å². The van der Waals surface area contributed by atoms with E-state index in [2.05, 4.69) is 17.0 Å². The summed E-state index contributed by atoms with van der Waals surface area (Å²) >= 11 is 0. The minimum Gasteiger partial charge on any atom is -0.489 e. The summed E-state index contributed by atoms with van der Waals surface area (Å²) in [6.07, 6.45) is 1.13. The first-order valence-corrected chi connectivity index (χ1v) is 8.24. The Morgan fingerprint density at radius 3 is 2.92 bits per heavy atom. The van der Waals surface area contributed by atoms with Gasteiger partial charge in [-0.05, 0) is 25.6 Å². The lowest BCUT2D eigenvalue weighted by Gasteiger charge is -2.14. The van der Waals surface area contributed by atoms with Crippen LogP contribution >= 0.6 is 0 Å². The summed E-state index contributed by atoms with van der Waals surface area (Å²) in [5.41, 5.74) is 0.691. The molecule has 1 atom stereocenters. The van der Waals surface area contributed by atoms with Crippen molar-refractivity contribution in [3.05, 3.63) is 23.9 Å². The number of ether oxygens (including phenoxy) is 3. The summed E-state index contributed by atoms with van der Waals surface area (Å²) in [5, 5.41) is 14.1. The Labute approximate surface area is 145 Å². The number of carboxylic acids is 1. The minimum absolute atomic E-state index is 0.0116. The number of rotatable bonds is 8. The van der Waals surface area contributed by atoms with Gasteiger partial charge in [-0.2, -0.15) is 5.10 Å². The molecule has 0 aliphatic carbocycles. The Morgan fingerprint density at radius 2 is 2.24 bits per heavy atom. The van der Waals surface area contributed by atoms with Crippen LogP contribution < -0.4 is 4.74 Å². The molecule has 1 aromatic heterocycles. The highest BCUT2D eigenvalue weighted by atomic mass is 16.5. The molecule has 8 heteroatoms. The number of fused-ring (bicyclic) bond motifs is 1. The predicted molar refractivity (Wildman–Crippen MR) is 91.1 cm³/mol. The van der Waals surface area contributed by atoms with Crippen molar-refractivity contribution in [2.45, 2.75) is 19.3 Å². The summed E-state index contributed by atoms with van der Waals surface area (Å²) in [6, 6.07) is 5.36. The number of methoxy groups -OCH3 is 1. The van der Waals surface area contributed by atoms with E-state index < -0.39 is 5.97 Å². The van der Waals surface area contributed by atoms with Crippen LogP contribution in [0.3, 0.4) is 0 Å². The molecule has 25 heavy (non-hydrogen) atoms. The molecular weight excluding hydrogens is 326 g/mol. The van der Waals surface area contributed by atoms with Crippen LogP contribution in [0.5, 0.6) is 5.75 Å². The average molecular weight is 349 g/mol. The van der Waals surface area contributed by atoms with Crippen LogP contribution in [0.1, 0.15) is 16.9 Å². The van der Waals surface area contributed by atoms with Crippen molar-refractivity contribution in [3.63, 3.8) is 0 Å². The van der Waals surface area contributed by atoms with E-state index in [9.17, 15) is 9.90 Å². The molecule has 8 nitrogen and oxygen atoms in total. The van der Waals surface area contributed by atoms with E-state index in [4.69, 9.17) is 14.2 Å². The molecule has 2 heterocycles. The highest BCUT2D eigenvalue weighted by Crippen LogP contribution is 2.26. The number of carbonyl (C=O) groups is 1. The van der Waals surface area contributed by atoms with Crippen LogP contribution in [-0.2, 0) is 16.2 Å². The third-order valence-corrected chi connectivity index (χ3v) is 4.22. The Morgan fingerprint density at radius 1 is 1.40 bits per heavy atom. The first-order chi connectivity index (χ1) is 12.1. The number of likely N-dealkylation sites (tertiary alicyclic amines) is 1. The van der Waals surface area contributed by atoms with Crippen molar-refractivity contribution in [3.8, 4) is 5.75 Å². The fraction of sp³-hybridized carbons (Fsp3) is 0.529. The first-order valence-electron chi connectivity index (χ1n) is 8.24. The van der Waals surface area contributed by atoms with E-state index in [1.165, 1.54) is 0 Å². The van der Waals surface area contributed by atoms with Gasteiger partial charge in [0.05, 0.1) is 18.7 Å². The predicted octanol–water partition coefficient (Wildman–Crippen LogP) is 1.44. The standard InChI is InChI=1S/C17H23N3O5/c1-19-6-5-13(10-19)25-12-3-4-14-15(9-12)20(11-24-8-7-23-2)18-16(14)17(21)22/h3-4,9,13H,5-8,10-11H2,1-2H3,(H,21,22). The third-order valence-electron chi connectivity index (χ3n) is 4.22. The van der Waals surface area contributed by atoms with Crippen molar-refractivity contribution in [1.29, 1.82) is 0 Å². The number of aromatic nitrogens is 2. The van der Waals surface area contributed by atoms with Gasteiger partial charge in [0, 0.05) is 31.7 Å². The maximum absolute atomic E-state index is 11.4. The number of hydrogen-bond acceptors (Lipinski definition) is 6. The SMILES string of the molecule is COCCOCn1nc(C(=O)O)c2ccc(OC3CCN(C)C3)cc21. The number of carboxylic acid groups (broad SMARTS) is 1. The van der Waals surface area contributed by atoms with Gasteiger partial charge in [-0.3, -0.25) is 0 Å². The highest BCUT2D eigenvalue weighted by Gasteiger charge is 2.22. The third kappa shape index (κ3) is 4.09. The second kappa shape index (κ2) is 7.81. The molecule has 1 aliphatic rings. The molecule has 3 rings (SSSR count). The molecule has 1 N–H and O–H groups in total. The zero-order chi connectivity index (χ0) is 17.8. The van der Waals surface area contributed by atoms with Gasteiger partial charge >= 0.3 is 5.97 Å². The lowest BCUT2D eigenvalue weighted by Crippen LogP contribution is -2.21. The number of likely N-dealkylation sites (N-methyl/N-ethyl adjacent to an activating group) is 1. The quantitative estimate of drug-likeness (QED) is 0.722. The van der Waals surface area contributed by atoms with Crippen LogP contribution in [0, 0.1) is 0 Å². The smallest absolute Gasteiger partial charge is 0.357 e. The van der Waals surface area contributed by atoms with Gasteiger partial charge < -0.3 is 24.2 Å². The van der Waals surface area contributed by atoms with Gasteiger partial charge in [0.15, 0.2) is 5.69 Å². The number of benzene rings is 1. The Kier molecular flexibility index (Phi) is 5.52. The minimum atomic E-state index is -1.06. The van der Waals surface area contributed by atoms with Gasteiger partial charge in [-0.1, -0.05) is 0 Å². The Hall–Kier alpha value is -2.16. The van der Waals surface area contributed by atoms with E-state index in [1.54, 1.807) is 23.9 Å². The van der Waals surface area contributed by atoms with E-state index in [0.29, 0.717) is 29.9 Å². The van der Waals surface area contributed by atoms with Gasteiger partial charge in [0.1, 0.15) is 18.6 Å². The van der Waals surface area contributed by atoms with Crippen LogP contribution in [-0.4, -0.2) is 72.3 Å². The van der Waals surface area contributed by atoms with Crippen molar-refractivity contribution in [1.82, 2.24) is 14.7 Å². The molecule has 1 unspecified atom stereocenters. The van der Waals surface area contributed by atoms with Crippen molar-refractivity contribution >= 4 is 16.9 Å². The number of hydrogen-bond donors (Lipinski definition) is 1. The molecule has 0 bridgehead atoms. The monoisotopic (exact) mass is 349 g/mol. The molecule has 1 fully saturated rings. The molecule has 0 radical (unpaired) electrons. The molecule has 1 aromatic carbocycles. The summed E-state index contributed by atoms with van der Waals surface area (Å²) in [5.74, 6) is -0.352. The summed E-state index contributed by atoms with van der Waals surface area (Å²) < 4.78 is 18.0. The summed E-state index contributed by atoms with van der Waals surface area (Å²) in [7, 11) is 3.66. The van der Waals surface area contributed by atoms with Gasteiger partial charge in [-0.15, -0.1) is 0 Å². The van der Waals surface area contributed by atoms with E-state index >= 15 is 0 Å². The van der Waals surface area contributed by atoms with Crippen LogP contribution in [0.2, 0.25) is 0 Å². The van der Waals surface area contributed by atoms with Crippen molar-refractivity contribution in [2.75, 3.05) is 40.5 Å². The molecular formula is C17H23N3O5. The fourth-order valence-electron chi connectivity index (χ4n) is 2.96. The second-order valence-electron chi connectivity index (χ2n) is 6.15. The summed E-state index contributed by atoms with van der Waals surface area (Å²) in [6.45, 7) is 2.93. The number of nitrogens with zero attached hydrogens (tertiary/aromatic N) is 3. The van der Waals surface area contributed by atoms with E-state index in [-0.39, 0.29) is 18.5 Å². The maximum atomic E-state index is 11.4. The highest BCUT2D eigenvalue weighted by molar-refractivity contribution is 6.01. The second-order valence-corrected chi connectivity index (χ2v) is 6.15. The normalized spacial score (nSPS) is 18.1. The Bertz CT molecular complexity index is 745.